The van der Waals surface area contributed by atoms with Crippen molar-refractivity contribution in [2.75, 3.05) is 31.1 Å². The van der Waals surface area contributed by atoms with Crippen LogP contribution in [-0.4, -0.2) is 37.0 Å². The molecule has 122 valence electrons. The molecule has 2 aliphatic heterocycles. The molecule has 0 atom stereocenters. The molecule has 4 nitrogen and oxygen atoms in total. The summed E-state index contributed by atoms with van der Waals surface area (Å²) in [6.07, 6.45) is 5.12. The van der Waals surface area contributed by atoms with Crippen LogP contribution in [0.5, 0.6) is 0 Å². The van der Waals surface area contributed by atoms with Gasteiger partial charge in [-0.1, -0.05) is 11.6 Å². The molecule has 1 amide bonds. The molecular weight excluding hydrogens is 310 g/mol. The molecule has 2 fully saturated rings. The van der Waals surface area contributed by atoms with E-state index in [9.17, 15) is 4.79 Å². The van der Waals surface area contributed by atoms with Gasteiger partial charge in [0.15, 0.2) is 0 Å². The van der Waals surface area contributed by atoms with Crippen LogP contribution in [-0.2, 0) is 4.79 Å². The van der Waals surface area contributed by atoms with Gasteiger partial charge in [0.25, 0.3) is 0 Å². The van der Waals surface area contributed by atoms with Gasteiger partial charge in [-0.3, -0.25) is 4.79 Å². The van der Waals surface area contributed by atoms with Crippen molar-refractivity contribution in [1.29, 1.82) is 5.26 Å². The Kier molecular flexibility index (Phi) is 5.07. The second-order valence-electron chi connectivity index (χ2n) is 6.50. The first-order chi connectivity index (χ1) is 11.2. The van der Waals surface area contributed by atoms with Crippen molar-refractivity contribution < 1.29 is 4.79 Å². The number of rotatable bonds is 3. The SMILES string of the molecule is N#Cc1ccc(N2CCC(CN3CCCCC3=O)CC2)cc1Cl. The molecule has 0 bridgehead atoms. The van der Waals surface area contributed by atoms with Crippen molar-refractivity contribution >= 4 is 23.2 Å². The van der Waals surface area contributed by atoms with E-state index in [2.05, 4.69) is 15.9 Å². The summed E-state index contributed by atoms with van der Waals surface area (Å²) in [5.74, 6) is 0.930. The molecule has 0 N–H and O–H groups in total. The molecule has 0 radical (unpaired) electrons. The number of halogens is 1. The van der Waals surface area contributed by atoms with Gasteiger partial charge in [-0.05, 0) is 49.8 Å². The van der Waals surface area contributed by atoms with E-state index in [1.807, 2.05) is 12.1 Å². The number of nitrogens with zero attached hydrogens (tertiary/aromatic N) is 3. The minimum Gasteiger partial charge on any atom is -0.371 e. The molecule has 2 saturated heterocycles. The number of benzene rings is 1. The zero-order valence-corrected chi connectivity index (χ0v) is 14.1. The highest BCUT2D eigenvalue weighted by molar-refractivity contribution is 6.32. The van der Waals surface area contributed by atoms with Crippen LogP contribution in [0.15, 0.2) is 18.2 Å². The number of hydrogen-bond acceptors (Lipinski definition) is 3. The Morgan fingerprint density at radius 1 is 1.22 bits per heavy atom. The lowest BCUT2D eigenvalue weighted by molar-refractivity contribution is -0.134. The summed E-state index contributed by atoms with van der Waals surface area (Å²) >= 11 is 6.13. The van der Waals surface area contributed by atoms with Gasteiger partial charge >= 0.3 is 0 Å². The monoisotopic (exact) mass is 331 g/mol. The quantitative estimate of drug-likeness (QED) is 0.852. The number of hydrogen-bond donors (Lipinski definition) is 0. The Hall–Kier alpha value is -1.73. The normalized spacial score (nSPS) is 19.7. The van der Waals surface area contributed by atoms with Crippen LogP contribution in [0.3, 0.4) is 0 Å². The third kappa shape index (κ3) is 3.79. The van der Waals surface area contributed by atoms with E-state index < -0.39 is 0 Å². The molecule has 2 heterocycles. The van der Waals surface area contributed by atoms with Gasteiger partial charge in [0.2, 0.25) is 5.91 Å². The Morgan fingerprint density at radius 2 is 2.00 bits per heavy atom. The molecule has 23 heavy (non-hydrogen) atoms. The number of piperidine rings is 2. The number of likely N-dealkylation sites (tertiary alicyclic amines) is 1. The third-order valence-electron chi connectivity index (χ3n) is 4.95. The summed E-state index contributed by atoms with van der Waals surface area (Å²) in [7, 11) is 0. The lowest BCUT2D eigenvalue weighted by atomic mass is 9.94. The number of nitriles is 1. The zero-order chi connectivity index (χ0) is 16.2. The number of carbonyl (C=O) groups excluding carboxylic acids is 1. The summed E-state index contributed by atoms with van der Waals surface area (Å²) in [6.45, 7) is 3.81. The lowest BCUT2D eigenvalue weighted by Gasteiger charge is -2.37. The van der Waals surface area contributed by atoms with Crippen LogP contribution >= 0.6 is 11.6 Å². The van der Waals surface area contributed by atoms with Crippen molar-refractivity contribution in [1.82, 2.24) is 4.90 Å². The number of anilines is 1. The summed E-state index contributed by atoms with van der Waals surface area (Å²) in [5, 5.41) is 9.47. The molecular formula is C18H22ClN3O. The maximum absolute atomic E-state index is 11.9. The van der Waals surface area contributed by atoms with Gasteiger partial charge in [0.05, 0.1) is 10.6 Å². The first-order valence-corrected chi connectivity index (χ1v) is 8.77. The van der Waals surface area contributed by atoms with E-state index >= 15 is 0 Å². The van der Waals surface area contributed by atoms with Gasteiger partial charge in [0, 0.05) is 38.3 Å². The highest BCUT2D eigenvalue weighted by Gasteiger charge is 2.25. The Balaban J connectivity index is 1.55. The predicted molar refractivity (Wildman–Crippen MR) is 91.5 cm³/mol. The van der Waals surface area contributed by atoms with E-state index in [-0.39, 0.29) is 0 Å². The maximum Gasteiger partial charge on any atom is 0.222 e. The van der Waals surface area contributed by atoms with E-state index in [0.29, 0.717) is 22.4 Å². The van der Waals surface area contributed by atoms with Crippen molar-refractivity contribution in [3.8, 4) is 6.07 Å². The van der Waals surface area contributed by atoms with Gasteiger partial charge < -0.3 is 9.80 Å². The van der Waals surface area contributed by atoms with E-state index in [4.69, 9.17) is 16.9 Å². The lowest BCUT2D eigenvalue weighted by Crippen LogP contribution is -2.42. The summed E-state index contributed by atoms with van der Waals surface area (Å²) in [4.78, 5) is 16.3. The van der Waals surface area contributed by atoms with Crippen molar-refractivity contribution in [2.24, 2.45) is 5.92 Å². The summed E-state index contributed by atoms with van der Waals surface area (Å²) in [5.41, 5.74) is 1.61. The average Bonchev–Trinajstić information content (AvgIpc) is 2.57. The molecule has 2 aliphatic rings. The topological polar surface area (TPSA) is 47.3 Å². The maximum atomic E-state index is 11.9. The molecule has 1 aromatic rings. The minimum atomic E-state index is 0.331. The molecule has 0 spiro atoms. The zero-order valence-electron chi connectivity index (χ0n) is 13.3. The highest BCUT2D eigenvalue weighted by Crippen LogP contribution is 2.28. The fraction of sp³-hybridized carbons (Fsp3) is 0.556. The van der Waals surface area contributed by atoms with E-state index in [1.54, 1.807) is 6.07 Å². The summed E-state index contributed by atoms with van der Waals surface area (Å²) in [6, 6.07) is 7.74. The second-order valence-corrected chi connectivity index (χ2v) is 6.91. The second kappa shape index (κ2) is 7.23. The Morgan fingerprint density at radius 3 is 2.65 bits per heavy atom. The van der Waals surface area contributed by atoms with Crippen LogP contribution in [0.25, 0.3) is 0 Å². The highest BCUT2D eigenvalue weighted by atomic mass is 35.5. The van der Waals surface area contributed by atoms with Gasteiger partial charge in [-0.2, -0.15) is 5.26 Å². The first kappa shape index (κ1) is 16.1. The smallest absolute Gasteiger partial charge is 0.222 e. The third-order valence-corrected chi connectivity index (χ3v) is 5.27. The molecule has 5 heteroatoms. The fourth-order valence-electron chi connectivity index (χ4n) is 3.53. The molecule has 1 aromatic carbocycles. The van der Waals surface area contributed by atoms with Crippen molar-refractivity contribution in [3.05, 3.63) is 28.8 Å². The Bertz CT molecular complexity index is 617. The molecule has 0 aromatic heterocycles. The largest absolute Gasteiger partial charge is 0.371 e. The minimum absolute atomic E-state index is 0.331. The standard InChI is InChI=1S/C18H22ClN3O/c19-17-11-16(5-4-15(17)12-20)21-9-6-14(7-10-21)13-22-8-2-1-3-18(22)23/h4-5,11,14H,1-3,6-10,13H2. The molecule has 0 saturated carbocycles. The molecule has 0 aliphatic carbocycles. The van der Waals surface area contributed by atoms with E-state index in [0.717, 1.165) is 64.0 Å². The Labute approximate surface area is 142 Å². The van der Waals surface area contributed by atoms with Crippen molar-refractivity contribution in [3.63, 3.8) is 0 Å². The predicted octanol–water partition coefficient (Wildman–Crippen LogP) is 3.44. The van der Waals surface area contributed by atoms with Crippen LogP contribution in [0.1, 0.15) is 37.7 Å². The average molecular weight is 332 g/mol. The van der Waals surface area contributed by atoms with Gasteiger partial charge in [-0.25, -0.2) is 0 Å². The van der Waals surface area contributed by atoms with E-state index in [1.165, 1.54) is 0 Å². The van der Waals surface area contributed by atoms with Crippen LogP contribution in [0.4, 0.5) is 5.69 Å². The molecule has 3 rings (SSSR count). The number of amides is 1. The van der Waals surface area contributed by atoms with Crippen LogP contribution < -0.4 is 4.90 Å². The summed E-state index contributed by atoms with van der Waals surface area (Å²) < 4.78 is 0. The molecule has 0 unspecified atom stereocenters. The van der Waals surface area contributed by atoms with Crippen LogP contribution in [0, 0.1) is 17.2 Å². The van der Waals surface area contributed by atoms with Crippen molar-refractivity contribution in [2.45, 2.75) is 32.1 Å². The first-order valence-electron chi connectivity index (χ1n) is 8.40. The number of carbonyl (C=O) groups is 1. The van der Waals surface area contributed by atoms with Crippen LogP contribution in [0.2, 0.25) is 5.02 Å². The van der Waals surface area contributed by atoms with Gasteiger partial charge in [0.1, 0.15) is 6.07 Å². The fourth-order valence-corrected chi connectivity index (χ4v) is 3.75. The van der Waals surface area contributed by atoms with Gasteiger partial charge in [-0.15, -0.1) is 0 Å².